The molecule has 0 radical (unpaired) electrons. The molecule has 1 amide bonds. The van der Waals surface area contributed by atoms with E-state index in [4.69, 9.17) is 10.5 Å². The standard InChI is InChI=1S/C27H33N3O4/c1-5-6-11-23-29-22(17-31)24(25(28)32)30(23)16-18-12-14-19(15-13-18)20-9-7-8-10-21(20)26(33)34-27(2,3)4/h7-10,12-15,31H,5-6,11,16-17H2,1-4H3,(H2,28,32). The average Bonchev–Trinajstić information content (AvgIpc) is 3.14. The van der Waals surface area contributed by atoms with E-state index in [9.17, 15) is 14.7 Å². The SMILES string of the molecule is CCCCc1nc(CO)c(C(N)=O)n1Cc1ccc(-c2ccccc2C(=O)OC(C)(C)C)cc1. The fourth-order valence-corrected chi connectivity index (χ4v) is 3.85. The van der Waals surface area contributed by atoms with Crippen molar-refractivity contribution < 1.29 is 19.4 Å². The molecule has 7 nitrogen and oxygen atoms in total. The normalized spacial score (nSPS) is 11.4. The molecule has 1 heterocycles. The first-order chi connectivity index (χ1) is 16.1. The minimum atomic E-state index is -0.609. The van der Waals surface area contributed by atoms with Crippen LogP contribution >= 0.6 is 0 Å². The van der Waals surface area contributed by atoms with Gasteiger partial charge in [-0.3, -0.25) is 4.79 Å². The third-order valence-corrected chi connectivity index (χ3v) is 5.41. The summed E-state index contributed by atoms with van der Waals surface area (Å²) in [7, 11) is 0. The molecule has 0 unspecified atom stereocenters. The number of hydrogen-bond acceptors (Lipinski definition) is 5. The number of benzene rings is 2. The van der Waals surface area contributed by atoms with E-state index < -0.39 is 11.5 Å². The zero-order valence-electron chi connectivity index (χ0n) is 20.3. The van der Waals surface area contributed by atoms with Gasteiger partial charge in [-0.05, 0) is 49.9 Å². The predicted octanol–water partition coefficient (Wildman–Crippen LogP) is 4.49. The van der Waals surface area contributed by atoms with Crippen LogP contribution in [-0.4, -0.2) is 32.1 Å². The highest BCUT2D eigenvalue weighted by Crippen LogP contribution is 2.27. The number of carbonyl (C=O) groups excluding carboxylic acids is 2. The molecule has 0 spiro atoms. The lowest BCUT2D eigenvalue weighted by Crippen LogP contribution is -2.24. The van der Waals surface area contributed by atoms with Gasteiger partial charge in [-0.1, -0.05) is 55.8 Å². The van der Waals surface area contributed by atoms with Gasteiger partial charge in [0.05, 0.1) is 17.9 Å². The molecule has 180 valence electrons. The van der Waals surface area contributed by atoms with Crippen molar-refractivity contribution in [1.82, 2.24) is 9.55 Å². The Morgan fingerprint density at radius 3 is 2.35 bits per heavy atom. The number of imidazole rings is 1. The highest BCUT2D eigenvalue weighted by atomic mass is 16.6. The summed E-state index contributed by atoms with van der Waals surface area (Å²) < 4.78 is 7.37. The number of aliphatic hydroxyl groups excluding tert-OH is 1. The number of aliphatic hydroxyl groups is 1. The smallest absolute Gasteiger partial charge is 0.339 e. The van der Waals surface area contributed by atoms with Gasteiger partial charge in [-0.15, -0.1) is 0 Å². The van der Waals surface area contributed by atoms with Crippen LogP contribution in [0.1, 0.15) is 78.5 Å². The maximum atomic E-state index is 12.7. The lowest BCUT2D eigenvalue weighted by molar-refractivity contribution is 0.00703. The quantitative estimate of drug-likeness (QED) is 0.455. The molecule has 1 aromatic heterocycles. The fraction of sp³-hybridized carbons (Fsp3) is 0.370. The molecule has 0 bridgehead atoms. The Morgan fingerprint density at radius 1 is 1.09 bits per heavy atom. The monoisotopic (exact) mass is 463 g/mol. The Kier molecular flexibility index (Phi) is 7.89. The molecular formula is C27H33N3O4. The van der Waals surface area contributed by atoms with Crippen molar-refractivity contribution in [2.45, 2.75) is 65.7 Å². The van der Waals surface area contributed by atoms with Crippen LogP contribution in [-0.2, 0) is 24.3 Å². The van der Waals surface area contributed by atoms with Crippen LogP contribution in [0.15, 0.2) is 48.5 Å². The molecule has 2 aromatic carbocycles. The van der Waals surface area contributed by atoms with Crippen molar-refractivity contribution >= 4 is 11.9 Å². The summed E-state index contributed by atoms with van der Waals surface area (Å²) in [4.78, 5) is 29.3. The van der Waals surface area contributed by atoms with E-state index in [0.717, 1.165) is 35.4 Å². The number of hydrogen-bond donors (Lipinski definition) is 2. The second kappa shape index (κ2) is 10.7. The van der Waals surface area contributed by atoms with Gasteiger partial charge >= 0.3 is 5.97 Å². The van der Waals surface area contributed by atoms with Gasteiger partial charge in [-0.25, -0.2) is 9.78 Å². The average molecular weight is 464 g/mol. The van der Waals surface area contributed by atoms with Crippen molar-refractivity contribution in [1.29, 1.82) is 0 Å². The Balaban J connectivity index is 1.92. The number of aromatic nitrogens is 2. The Bertz CT molecular complexity index is 1160. The van der Waals surface area contributed by atoms with Gasteiger partial charge in [-0.2, -0.15) is 0 Å². The van der Waals surface area contributed by atoms with Gasteiger partial charge in [0.15, 0.2) is 0 Å². The Hall–Kier alpha value is -3.45. The molecule has 0 fully saturated rings. The molecule has 3 aromatic rings. The first-order valence-electron chi connectivity index (χ1n) is 11.5. The lowest BCUT2D eigenvalue weighted by Gasteiger charge is -2.20. The number of aryl methyl sites for hydroxylation is 1. The maximum Gasteiger partial charge on any atom is 0.339 e. The van der Waals surface area contributed by atoms with Gasteiger partial charge < -0.3 is 20.1 Å². The summed E-state index contributed by atoms with van der Waals surface area (Å²) in [5.74, 6) is -0.241. The number of primary amides is 1. The van der Waals surface area contributed by atoms with Crippen molar-refractivity contribution in [2.75, 3.05) is 0 Å². The van der Waals surface area contributed by atoms with E-state index in [-0.39, 0.29) is 18.3 Å². The topological polar surface area (TPSA) is 107 Å². The molecule has 0 aliphatic rings. The van der Waals surface area contributed by atoms with Crippen LogP contribution in [0.2, 0.25) is 0 Å². The number of nitrogens with two attached hydrogens (primary N) is 1. The first-order valence-corrected chi connectivity index (χ1v) is 11.5. The van der Waals surface area contributed by atoms with Crippen molar-refractivity contribution in [3.8, 4) is 11.1 Å². The molecule has 7 heteroatoms. The second-order valence-corrected chi connectivity index (χ2v) is 9.28. The Labute approximate surface area is 200 Å². The number of unbranched alkanes of at least 4 members (excludes halogenated alkanes) is 1. The van der Waals surface area contributed by atoms with Crippen LogP contribution < -0.4 is 5.73 Å². The zero-order chi connectivity index (χ0) is 24.9. The van der Waals surface area contributed by atoms with Crippen molar-refractivity contribution in [3.05, 3.63) is 76.9 Å². The van der Waals surface area contributed by atoms with Crippen LogP contribution in [0.25, 0.3) is 11.1 Å². The van der Waals surface area contributed by atoms with Gasteiger partial charge in [0, 0.05) is 13.0 Å². The summed E-state index contributed by atoms with van der Waals surface area (Å²) in [5.41, 5.74) is 8.71. The Morgan fingerprint density at radius 2 is 1.76 bits per heavy atom. The summed E-state index contributed by atoms with van der Waals surface area (Å²) >= 11 is 0. The van der Waals surface area contributed by atoms with Crippen LogP contribution in [0.5, 0.6) is 0 Å². The summed E-state index contributed by atoms with van der Waals surface area (Å²) in [6.07, 6.45) is 2.59. The van der Waals surface area contributed by atoms with Gasteiger partial charge in [0.25, 0.3) is 5.91 Å². The fourth-order valence-electron chi connectivity index (χ4n) is 3.85. The minimum absolute atomic E-state index is 0.243. The number of rotatable bonds is 9. The van der Waals surface area contributed by atoms with Gasteiger partial charge in [0.1, 0.15) is 17.1 Å². The zero-order valence-corrected chi connectivity index (χ0v) is 20.3. The number of carbonyl (C=O) groups is 2. The number of nitrogens with zero attached hydrogens (tertiary/aromatic N) is 2. The van der Waals surface area contributed by atoms with Crippen LogP contribution in [0.3, 0.4) is 0 Å². The maximum absolute atomic E-state index is 12.7. The highest BCUT2D eigenvalue weighted by Gasteiger charge is 2.22. The second-order valence-electron chi connectivity index (χ2n) is 9.28. The lowest BCUT2D eigenvalue weighted by atomic mass is 9.98. The molecule has 0 saturated carbocycles. The molecule has 3 rings (SSSR count). The minimum Gasteiger partial charge on any atom is -0.456 e. The molecule has 0 aliphatic carbocycles. The molecule has 3 N–H and O–H groups in total. The molecule has 0 saturated heterocycles. The van der Waals surface area contributed by atoms with E-state index in [1.54, 1.807) is 10.6 Å². The molecule has 0 atom stereocenters. The third-order valence-electron chi connectivity index (χ3n) is 5.41. The number of amides is 1. The first kappa shape index (κ1) is 25.2. The number of esters is 1. The third kappa shape index (κ3) is 5.91. The summed E-state index contributed by atoms with van der Waals surface area (Å²) in [6, 6.07) is 15.2. The summed E-state index contributed by atoms with van der Waals surface area (Å²) in [5, 5.41) is 9.68. The summed E-state index contributed by atoms with van der Waals surface area (Å²) in [6.45, 7) is 7.67. The predicted molar refractivity (Wildman–Crippen MR) is 131 cm³/mol. The van der Waals surface area contributed by atoms with E-state index in [2.05, 4.69) is 11.9 Å². The van der Waals surface area contributed by atoms with Crippen molar-refractivity contribution in [2.24, 2.45) is 5.73 Å². The van der Waals surface area contributed by atoms with E-state index >= 15 is 0 Å². The number of ether oxygens (including phenoxy) is 1. The van der Waals surface area contributed by atoms with E-state index in [0.29, 0.717) is 24.2 Å². The van der Waals surface area contributed by atoms with E-state index in [1.807, 2.05) is 63.2 Å². The van der Waals surface area contributed by atoms with Crippen molar-refractivity contribution in [3.63, 3.8) is 0 Å². The largest absolute Gasteiger partial charge is 0.456 e. The molecular weight excluding hydrogens is 430 g/mol. The van der Waals surface area contributed by atoms with Gasteiger partial charge in [0.2, 0.25) is 0 Å². The molecule has 34 heavy (non-hydrogen) atoms. The van der Waals surface area contributed by atoms with Crippen LogP contribution in [0, 0.1) is 0 Å². The van der Waals surface area contributed by atoms with Crippen LogP contribution in [0.4, 0.5) is 0 Å². The highest BCUT2D eigenvalue weighted by molar-refractivity contribution is 5.97. The molecule has 0 aliphatic heterocycles. The van der Waals surface area contributed by atoms with E-state index in [1.165, 1.54) is 0 Å².